The average Bonchev–Trinajstić information content (AvgIpc) is 2.69. The Morgan fingerprint density at radius 2 is 1.59 bits per heavy atom. The van der Waals surface area contributed by atoms with Crippen LogP contribution in [0.3, 0.4) is 0 Å². The maximum atomic E-state index is 12.2. The zero-order chi connectivity index (χ0) is 19.6. The van der Waals surface area contributed by atoms with Crippen LogP contribution in [0.5, 0.6) is 0 Å². The molecule has 4 nitrogen and oxygen atoms in total. The molecule has 2 rings (SSSR count). The number of nitrogens with one attached hydrogen (secondary N) is 1. The summed E-state index contributed by atoms with van der Waals surface area (Å²) in [6.07, 6.45) is 2.28. The van der Waals surface area contributed by atoms with Gasteiger partial charge in [0.15, 0.2) is 5.78 Å². The smallest absolute Gasteiger partial charge is 0.220 e. The van der Waals surface area contributed by atoms with Gasteiger partial charge in [-0.15, -0.1) is 0 Å². The summed E-state index contributed by atoms with van der Waals surface area (Å²) in [6.45, 7) is 2.65. The average molecular weight is 367 g/mol. The highest BCUT2D eigenvalue weighted by atomic mass is 16.2. The van der Waals surface area contributed by atoms with Gasteiger partial charge in [0.1, 0.15) is 0 Å². The van der Waals surface area contributed by atoms with Crippen LogP contribution in [0.4, 0.5) is 0 Å². The number of Topliss-reactive ketones (excluding diaryl/α,β-unsaturated/α-hetero) is 1. The number of aryl methyl sites for hydroxylation is 1. The zero-order valence-corrected chi connectivity index (χ0v) is 16.6. The number of benzene rings is 2. The van der Waals surface area contributed by atoms with Crippen LogP contribution in [0.2, 0.25) is 0 Å². The van der Waals surface area contributed by atoms with E-state index in [1.54, 1.807) is 0 Å². The number of ketones is 1. The van der Waals surface area contributed by atoms with E-state index in [2.05, 4.69) is 29.3 Å². The minimum atomic E-state index is -0.0755. The third-order valence-electron chi connectivity index (χ3n) is 4.84. The lowest BCUT2D eigenvalue weighted by Gasteiger charge is -2.24. The van der Waals surface area contributed by atoms with Gasteiger partial charge in [-0.05, 0) is 38.1 Å². The van der Waals surface area contributed by atoms with Gasteiger partial charge >= 0.3 is 0 Å². The first-order chi connectivity index (χ1) is 13.0. The van der Waals surface area contributed by atoms with Crippen LogP contribution in [0.15, 0.2) is 54.6 Å². The second-order valence-corrected chi connectivity index (χ2v) is 7.08. The SMILES string of the molecule is CCc1ccc(C(=O)CCC(=O)NCC(Cc2ccccc2)N(C)C)cc1. The van der Waals surface area contributed by atoms with Crippen LogP contribution in [0, 0.1) is 0 Å². The molecule has 0 heterocycles. The van der Waals surface area contributed by atoms with E-state index < -0.39 is 0 Å². The monoisotopic (exact) mass is 366 g/mol. The molecule has 27 heavy (non-hydrogen) atoms. The topological polar surface area (TPSA) is 49.4 Å². The van der Waals surface area contributed by atoms with Crippen molar-refractivity contribution in [1.82, 2.24) is 10.2 Å². The summed E-state index contributed by atoms with van der Waals surface area (Å²) in [5.74, 6) is -0.0605. The number of hydrogen-bond acceptors (Lipinski definition) is 3. The predicted molar refractivity (Wildman–Crippen MR) is 110 cm³/mol. The van der Waals surface area contributed by atoms with E-state index in [1.165, 1.54) is 11.1 Å². The van der Waals surface area contributed by atoms with Gasteiger partial charge in [0.05, 0.1) is 0 Å². The molecular formula is C23H30N2O2. The van der Waals surface area contributed by atoms with Crippen molar-refractivity contribution in [2.24, 2.45) is 0 Å². The summed E-state index contributed by atoms with van der Waals surface area (Å²) >= 11 is 0. The number of carbonyl (C=O) groups excluding carboxylic acids is 2. The third kappa shape index (κ3) is 6.99. The van der Waals surface area contributed by atoms with Gasteiger partial charge in [0, 0.05) is 31.0 Å². The number of rotatable bonds is 10. The Labute approximate surface area is 162 Å². The molecule has 144 valence electrons. The van der Waals surface area contributed by atoms with Crippen molar-refractivity contribution >= 4 is 11.7 Å². The Morgan fingerprint density at radius 1 is 0.926 bits per heavy atom. The Morgan fingerprint density at radius 3 is 2.19 bits per heavy atom. The first-order valence-corrected chi connectivity index (χ1v) is 9.58. The first-order valence-electron chi connectivity index (χ1n) is 9.58. The summed E-state index contributed by atoms with van der Waals surface area (Å²) in [6, 6.07) is 18.1. The molecule has 0 aliphatic carbocycles. The molecule has 4 heteroatoms. The number of amides is 1. The molecule has 0 aliphatic rings. The van der Waals surface area contributed by atoms with Gasteiger partial charge in [-0.3, -0.25) is 9.59 Å². The summed E-state index contributed by atoms with van der Waals surface area (Å²) in [7, 11) is 4.03. The molecule has 1 N–H and O–H groups in total. The second-order valence-electron chi connectivity index (χ2n) is 7.08. The van der Waals surface area contributed by atoms with Gasteiger partial charge in [0.2, 0.25) is 5.91 Å². The largest absolute Gasteiger partial charge is 0.355 e. The fourth-order valence-corrected chi connectivity index (χ4v) is 2.94. The van der Waals surface area contributed by atoms with Crippen LogP contribution < -0.4 is 5.32 Å². The highest BCUT2D eigenvalue weighted by Gasteiger charge is 2.15. The van der Waals surface area contributed by atoms with Crippen LogP contribution in [0.1, 0.15) is 41.3 Å². The molecular weight excluding hydrogens is 336 g/mol. The highest BCUT2D eigenvalue weighted by molar-refractivity contribution is 5.97. The lowest BCUT2D eigenvalue weighted by Crippen LogP contribution is -2.41. The van der Waals surface area contributed by atoms with Crippen LogP contribution >= 0.6 is 0 Å². The van der Waals surface area contributed by atoms with E-state index in [-0.39, 0.29) is 30.6 Å². The summed E-state index contributed by atoms with van der Waals surface area (Å²) in [5, 5.41) is 2.98. The second kappa shape index (κ2) is 10.6. The van der Waals surface area contributed by atoms with Crippen LogP contribution in [-0.2, 0) is 17.6 Å². The maximum Gasteiger partial charge on any atom is 0.220 e. The van der Waals surface area contributed by atoms with E-state index in [0.29, 0.717) is 12.1 Å². The van der Waals surface area contributed by atoms with Gasteiger partial charge in [0.25, 0.3) is 0 Å². The zero-order valence-electron chi connectivity index (χ0n) is 16.6. The molecule has 1 atom stereocenters. The van der Waals surface area contributed by atoms with E-state index >= 15 is 0 Å². The van der Waals surface area contributed by atoms with Gasteiger partial charge in [-0.25, -0.2) is 0 Å². The van der Waals surface area contributed by atoms with E-state index in [4.69, 9.17) is 0 Å². The lowest BCUT2D eigenvalue weighted by atomic mass is 10.0. The summed E-state index contributed by atoms with van der Waals surface area (Å²) in [4.78, 5) is 26.5. The van der Waals surface area contributed by atoms with Gasteiger partial charge in [-0.2, -0.15) is 0 Å². The number of carbonyl (C=O) groups is 2. The predicted octanol–water partition coefficient (Wildman–Crippen LogP) is 3.50. The molecule has 0 saturated carbocycles. The van der Waals surface area contributed by atoms with Crippen molar-refractivity contribution in [1.29, 1.82) is 0 Å². The molecule has 0 spiro atoms. The Kier molecular flexibility index (Phi) is 8.21. The molecule has 0 saturated heterocycles. The van der Waals surface area contributed by atoms with Crippen molar-refractivity contribution in [2.75, 3.05) is 20.6 Å². The first kappa shape index (κ1) is 20.8. The molecule has 2 aromatic rings. The van der Waals surface area contributed by atoms with E-state index in [9.17, 15) is 9.59 Å². The molecule has 1 amide bonds. The molecule has 1 unspecified atom stereocenters. The molecule has 0 aliphatic heterocycles. The quantitative estimate of drug-likeness (QED) is 0.655. The minimum absolute atomic E-state index is 0.0150. The van der Waals surface area contributed by atoms with Crippen molar-refractivity contribution in [2.45, 2.75) is 38.6 Å². The van der Waals surface area contributed by atoms with Crippen LogP contribution in [0.25, 0.3) is 0 Å². The number of nitrogens with zero attached hydrogens (tertiary/aromatic N) is 1. The molecule has 0 fully saturated rings. The molecule has 0 bridgehead atoms. The number of hydrogen-bond donors (Lipinski definition) is 1. The summed E-state index contributed by atoms with van der Waals surface area (Å²) < 4.78 is 0. The Hall–Kier alpha value is -2.46. The molecule has 0 radical (unpaired) electrons. The van der Waals surface area contributed by atoms with Crippen molar-refractivity contribution in [3.8, 4) is 0 Å². The van der Waals surface area contributed by atoms with Gasteiger partial charge in [-0.1, -0.05) is 61.5 Å². The fourth-order valence-electron chi connectivity index (χ4n) is 2.94. The molecule has 2 aromatic carbocycles. The Bertz CT molecular complexity index is 724. The molecule has 0 aromatic heterocycles. The summed E-state index contributed by atoms with van der Waals surface area (Å²) in [5.41, 5.74) is 3.13. The van der Waals surface area contributed by atoms with E-state index in [1.807, 2.05) is 56.6 Å². The number of likely N-dealkylation sites (N-methyl/N-ethyl adjacent to an activating group) is 1. The van der Waals surface area contributed by atoms with Crippen LogP contribution in [-0.4, -0.2) is 43.3 Å². The lowest BCUT2D eigenvalue weighted by molar-refractivity contribution is -0.121. The highest BCUT2D eigenvalue weighted by Crippen LogP contribution is 2.09. The van der Waals surface area contributed by atoms with Crippen molar-refractivity contribution in [3.63, 3.8) is 0 Å². The maximum absolute atomic E-state index is 12.2. The third-order valence-corrected chi connectivity index (χ3v) is 4.84. The fraction of sp³-hybridized carbons (Fsp3) is 0.391. The Balaban J connectivity index is 1.78. The standard InChI is InChI=1S/C23H30N2O2/c1-4-18-10-12-20(13-11-18)22(26)14-15-23(27)24-17-21(25(2)3)16-19-8-6-5-7-9-19/h5-13,21H,4,14-17H2,1-3H3,(H,24,27). The van der Waals surface area contributed by atoms with Crippen molar-refractivity contribution < 1.29 is 9.59 Å². The van der Waals surface area contributed by atoms with Gasteiger partial charge < -0.3 is 10.2 Å². The van der Waals surface area contributed by atoms with Crippen molar-refractivity contribution in [3.05, 3.63) is 71.3 Å². The van der Waals surface area contributed by atoms with E-state index in [0.717, 1.165) is 12.8 Å². The normalized spacial score (nSPS) is 12.0. The minimum Gasteiger partial charge on any atom is -0.355 e.